The minimum Gasteiger partial charge on any atom is -0.413 e. The van der Waals surface area contributed by atoms with E-state index in [0.717, 1.165) is 51.4 Å². The van der Waals surface area contributed by atoms with Crippen LogP contribution >= 0.6 is 0 Å². The van der Waals surface area contributed by atoms with E-state index in [1.165, 1.54) is 20.9 Å². The second kappa shape index (κ2) is 21.6. The highest BCUT2D eigenvalue weighted by Gasteiger charge is 2.36. The predicted octanol–water partition coefficient (Wildman–Crippen LogP) is 3.66. The van der Waals surface area contributed by atoms with Gasteiger partial charge in [-0.3, -0.25) is 19.4 Å². The largest absolute Gasteiger partial charge is 0.413 e. The van der Waals surface area contributed by atoms with Gasteiger partial charge >= 0.3 is 48.4 Å². The highest BCUT2D eigenvalue weighted by Crippen LogP contribution is 2.23. The first kappa shape index (κ1) is 46.8. The first-order valence-electron chi connectivity index (χ1n) is 21.3. The monoisotopic (exact) mass is 878 g/mol. The van der Waals surface area contributed by atoms with Crippen LogP contribution in [-0.4, -0.2) is 128 Å². The number of esters is 2. The Morgan fingerprint density at radius 1 is 0.594 bits per heavy atom. The molecule has 340 valence electrons. The van der Waals surface area contributed by atoms with Gasteiger partial charge in [0.05, 0.1) is 34.2 Å². The van der Waals surface area contributed by atoms with Gasteiger partial charge in [0.15, 0.2) is 0 Å². The molecule has 2 aliphatic rings. The number of carbonyl (C=O) groups is 4. The van der Waals surface area contributed by atoms with E-state index in [2.05, 4.69) is 54.0 Å². The molecule has 2 amide bonds. The predicted molar refractivity (Wildman–Crippen MR) is 237 cm³/mol. The van der Waals surface area contributed by atoms with E-state index in [9.17, 15) is 19.2 Å². The summed E-state index contributed by atoms with van der Waals surface area (Å²) in [5.41, 5.74) is 16.8. The van der Waals surface area contributed by atoms with E-state index in [0.29, 0.717) is 59.8 Å². The van der Waals surface area contributed by atoms with Gasteiger partial charge in [0.25, 0.3) is 0 Å². The number of nitrogen functional groups attached to an aromatic ring is 2. The van der Waals surface area contributed by atoms with Crippen LogP contribution in [0.1, 0.15) is 59.6 Å². The third-order valence-electron chi connectivity index (χ3n) is 11.6. The number of hydrogen-bond donors (Lipinski definition) is 2. The van der Waals surface area contributed by atoms with Gasteiger partial charge in [0, 0.05) is 77.6 Å². The third kappa shape index (κ3) is 12.5. The Kier molecular flexibility index (Phi) is 15.8. The summed E-state index contributed by atoms with van der Waals surface area (Å²) in [6, 6.07) is 19.5. The Morgan fingerprint density at radius 2 is 0.906 bits per heavy atom. The lowest BCUT2D eigenvalue weighted by atomic mass is 10.0. The summed E-state index contributed by atoms with van der Waals surface area (Å²) < 4.78 is 22.7. The number of benzene rings is 2. The summed E-state index contributed by atoms with van der Waals surface area (Å²) >= 11 is 0. The molecule has 2 aliphatic heterocycles. The number of anilines is 2. The fraction of sp³-hybridized carbons (Fsp3) is 0.435. The van der Waals surface area contributed by atoms with Crippen molar-refractivity contribution in [2.24, 2.45) is 0 Å². The molecule has 4 aromatic rings. The molecule has 0 aliphatic carbocycles. The van der Waals surface area contributed by atoms with Crippen LogP contribution in [0.5, 0.6) is 12.0 Å². The molecule has 2 atom stereocenters. The van der Waals surface area contributed by atoms with E-state index < -0.39 is 36.3 Å². The maximum atomic E-state index is 14.0. The summed E-state index contributed by atoms with van der Waals surface area (Å²) in [5, 5.41) is 0. The van der Waals surface area contributed by atoms with Crippen LogP contribution in [0, 0.1) is 27.7 Å². The molecule has 2 unspecified atom stereocenters. The maximum absolute atomic E-state index is 14.0. The zero-order valence-corrected chi connectivity index (χ0v) is 37.3. The van der Waals surface area contributed by atoms with Crippen molar-refractivity contribution in [3.8, 4) is 12.0 Å². The first-order valence-corrected chi connectivity index (χ1v) is 21.3. The van der Waals surface area contributed by atoms with E-state index in [1.807, 2.05) is 36.4 Å². The fourth-order valence-electron chi connectivity index (χ4n) is 7.67. The average molecular weight is 879 g/mol. The van der Waals surface area contributed by atoms with Gasteiger partial charge in [0.2, 0.25) is 0 Å². The molecule has 0 spiro atoms. The van der Waals surface area contributed by atoms with Crippen molar-refractivity contribution < 1.29 is 38.1 Å². The topological polar surface area (TPSA) is 222 Å². The molecule has 2 aromatic carbocycles. The second-order valence-corrected chi connectivity index (χ2v) is 16.2. The van der Waals surface area contributed by atoms with Gasteiger partial charge in [-0.25, -0.2) is 9.59 Å². The van der Waals surface area contributed by atoms with Crippen molar-refractivity contribution >= 4 is 35.1 Å². The van der Waals surface area contributed by atoms with Crippen molar-refractivity contribution in [1.29, 1.82) is 0 Å². The van der Waals surface area contributed by atoms with Gasteiger partial charge < -0.3 is 40.2 Å². The van der Waals surface area contributed by atoms with Gasteiger partial charge in [-0.2, -0.15) is 19.9 Å². The molecule has 2 saturated heterocycles. The molecule has 6 rings (SSSR count). The molecule has 2 fully saturated rings. The normalized spacial score (nSPS) is 16.2. The zero-order valence-electron chi connectivity index (χ0n) is 37.3. The number of nitrogens with two attached hydrogens (primary N) is 2. The number of amides is 2. The smallest absolute Gasteiger partial charge is 0.334 e. The van der Waals surface area contributed by atoms with Gasteiger partial charge in [-0.1, -0.05) is 60.7 Å². The Hall–Kier alpha value is -6.66. The van der Waals surface area contributed by atoms with Crippen LogP contribution in [-0.2, 0) is 41.7 Å². The third-order valence-corrected chi connectivity index (χ3v) is 11.6. The summed E-state index contributed by atoms with van der Waals surface area (Å²) in [5.74, 6) is -3.57. The Bertz CT molecular complexity index is 2080. The van der Waals surface area contributed by atoms with E-state index in [4.69, 9.17) is 30.4 Å². The number of nitrogens with zero attached hydrogens (tertiary/aromatic N) is 8. The Balaban J connectivity index is 1.12. The summed E-state index contributed by atoms with van der Waals surface area (Å²) in [6.45, 7) is 11.2. The number of carbonyl (C=O) groups excluding carboxylic acids is 4. The minimum absolute atomic E-state index is 0.183. The molecule has 2 aromatic heterocycles. The van der Waals surface area contributed by atoms with Crippen molar-refractivity contribution in [2.75, 3.05) is 51.7 Å². The molecular formula is C46H58N10O8. The number of likely N-dealkylation sites (N-methyl/N-ethyl adjacent to an activating group) is 2. The number of rotatable bonds is 16. The number of hydrogen-bond acceptors (Lipinski definition) is 16. The molecule has 0 saturated carbocycles. The molecule has 0 bridgehead atoms. The van der Waals surface area contributed by atoms with Crippen molar-refractivity contribution in [1.82, 2.24) is 39.5 Å². The maximum Gasteiger partial charge on any atom is 0.334 e. The molecule has 4 N–H and O–H groups in total. The lowest BCUT2D eigenvalue weighted by molar-refractivity contribution is -0.177. The first-order chi connectivity index (χ1) is 30.6. The Morgan fingerprint density at radius 3 is 1.22 bits per heavy atom. The SMILES string of the molecule is Cc1nc(OC(OC(=O)/C=C\C(=O)OC(Oc2nc(C)c(N)c(C)n2)C(=O)N(C)C2CCN(Cc3ccccc3)CC2)C(=O)N(C)C2CCN(Cc3ccccc3)CC2)nc(C)c1N. The van der Waals surface area contributed by atoms with Crippen LogP contribution in [0.4, 0.5) is 11.4 Å². The van der Waals surface area contributed by atoms with E-state index in [1.54, 1.807) is 41.8 Å². The highest BCUT2D eigenvalue weighted by molar-refractivity contribution is 5.94. The lowest BCUT2D eigenvalue weighted by Crippen LogP contribution is -2.50. The quantitative estimate of drug-likeness (QED) is 0.0931. The van der Waals surface area contributed by atoms with Crippen LogP contribution in [0.25, 0.3) is 0 Å². The van der Waals surface area contributed by atoms with Crippen molar-refractivity contribution in [3.05, 3.63) is 107 Å². The van der Waals surface area contributed by atoms with Crippen molar-refractivity contribution in [2.45, 2.75) is 91.1 Å². The average Bonchev–Trinajstić information content (AvgIpc) is 3.29. The summed E-state index contributed by atoms with van der Waals surface area (Å²) in [7, 11) is 3.24. The van der Waals surface area contributed by atoms with Gasteiger partial charge in [-0.15, -0.1) is 0 Å². The molecule has 64 heavy (non-hydrogen) atoms. The van der Waals surface area contributed by atoms with E-state index in [-0.39, 0.29) is 24.1 Å². The van der Waals surface area contributed by atoms with Gasteiger partial charge in [-0.05, 0) is 64.5 Å². The zero-order chi connectivity index (χ0) is 45.9. The number of aromatic nitrogens is 4. The van der Waals surface area contributed by atoms with Crippen LogP contribution in [0.15, 0.2) is 72.8 Å². The number of likely N-dealkylation sites (tertiary alicyclic amines) is 2. The Labute approximate surface area is 373 Å². The van der Waals surface area contributed by atoms with E-state index >= 15 is 0 Å². The molecule has 18 heteroatoms. The molecule has 0 radical (unpaired) electrons. The fourth-order valence-corrected chi connectivity index (χ4v) is 7.67. The number of piperidine rings is 2. The van der Waals surface area contributed by atoms with Crippen molar-refractivity contribution in [3.63, 3.8) is 0 Å². The number of aryl methyl sites for hydroxylation is 4. The highest BCUT2D eigenvalue weighted by atomic mass is 16.7. The molecule has 4 heterocycles. The van der Waals surface area contributed by atoms with Crippen LogP contribution in [0.3, 0.4) is 0 Å². The van der Waals surface area contributed by atoms with Gasteiger partial charge in [0.1, 0.15) is 0 Å². The van der Waals surface area contributed by atoms with Crippen LogP contribution in [0.2, 0.25) is 0 Å². The minimum atomic E-state index is -1.83. The molecule has 18 nitrogen and oxygen atoms in total. The summed E-state index contributed by atoms with van der Waals surface area (Å²) in [4.78, 5) is 79.3. The standard InChI is InChI=1S/C46H58N10O8/c1-29-39(47)30(2)50-45(49-29)63-43(41(59)53(5)35-19-23-55(24-20-35)27-33-13-9-7-10-14-33)61-37(57)17-18-38(58)62-44(64-46-51-31(3)40(48)32(4)52-46)42(60)54(6)36-21-25-56(26-22-36)28-34-15-11-8-12-16-34/h7-18,35-36,43-44H,19-28,47-48H2,1-6H3/b18-17-. The molecular weight excluding hydrogens is 821 g/mol. The van der Waals surface area contributed by atoms with Crippen LogP contribution < -0.4 is 20.9 Å². The summed E-state index contributed by atoms with van der Waals surface area (Å²) in [6.07, 6.45) is 0.537. The second-order valence-electron chi connectivity index (χ2n) is 16.2. The number of ether oxygens (including phenoxy) is 4. The lowest BCUT2D eigenvalue weighted by Gasteiger charge is -2.37.